The Labute approximate surface area is 180 Å². The highest BCUT2D eigenvalue weighted by molar-refractivity contribution is 5.94. The van der Waals surface area contributed by atoms with E-state index < -0.39 is 5.92 Å². The van der Waals surface area contributed by atoms with Gasteiger partial charge in [-0.05, 0) is 6.07 Å². The fourth-order valence-corrected chi connectivity index (χ4v) is 4.06. The summed E-state index contributed by atoms with van der Waals surface area (Å²) in [6.07, 6.45) is 0.956. The van der Waals surface area contributed by atoms with E-state index in [-0.39, 0.29) is 50.0 Å². The van der Waals surface area contributed by atoms with Gasteiger partial charge >= 0.3 is 5.69 Å². The number of pyridine rings is 1. The summed E-state index contributed by atoms with van der Waals surface area (Å²) >= 11 is 0. The van der Waals surface area contributed by atoms with Crippen molar-refractivity contribution >= 4 is 23.1 Å². The number of nitrogens with one attached hydrogen (secondary N) is 1. The van der Waals surface area contributed by atoms with Gasteiger partial charge in [-0.1, -0.05) is 0 Å². The zero-order valence-corrected chi connectivity index (χ0v) is 17.4. The predicted octanol–water partition coefficient (Wildman–Crippen LogP) is 1.83. The first-order valence-corrected chi connectivity index (χ1v) is 10.2. The molecule has 0 spiro atoms. The third kappa shape index (κ3) is 3.49. The molecule has 0 radical (unpaired) electrons. The number of aromatic amines is 1. The molecule has 3 aromatic rings. The van der Waals surface area contributed by atoms with Crippen molar-refractivity contribution in [1.29, 1.82) is 0 Å². The molecular weight excluding hydrogens is 426 g/mol. The van der Waals surface area contributed by atoms with Crippen molar-refractivity contribution in [2.75, 3.05) is 38.3 Å². The number of alkyl halides is 2. The summed E-state index contributed by atoms with van der Waals surface area (Å²) in [6.45, 7) is 0.966. The lowest BCUT2D eigenvalue weighted by molar-refractivity contribution is -0.0495. The van der Waals surface area contributed by atoms with E-state index in [9.17, 15) is 18.4 Å². The first-order chi connectivity index (χ1) is 15.4. The van der Waals surface area contributed by atoms with Gasteiger partial charge in [-0.15, -0.1) is 5.10 Å². The average molecular weight is 448 g/mol. The lowest BCUT2D eigenvalue weighted by Crippen LogP contribution is -2.42. The van der Waals surface area contributed by atoms with Crippen molar-refractivity contribution in [3.8, 4) is 5.75 Å². The Bertz CT molecular complexity index is 1220. The third-order valence-corrected chi connectivity index (χ3v) is 5.75. The van der Waals surface area contributed by atoms with Crippen LogP contribution in [0.3, 0.4) is 0 Å². The minimum atomic E-state index is -2.72. The highest BCUT2D eigenvalue weighted by atomic mass is 19.3. The zero-order chi connectivity index (χ0) is 22.5. The van der Waals surface area contributed by atoms with E-state index in [1.165, 1.54) is 21.1 Å². The molecule has 2 aliphatic rings. The summed E-state index contributed by atoms with van der Waals surface area (Å²) in [5.74, 6) is -1.96. The first-order valence-electron chi connectivity index (χ1n) is 10.2. The van der Waals surface area contributed by atoms with Gasteiger partial charge in [0.1, 0.15) is 19.0 Å². The molecule has 5 rings (SSSR count). The van der Waals surface area contributed by atoms with Crippen molar-refractivity contribution in [2.45, 2.75) is 25.5 Å². The van der Waals surface area contributed by atoms with E-state index in [1.54, 1.807) is 24.4 Å². The van der Waals surface area contributed by atoms with Crippen LogP contribution in [-0.4, -0.2) is 69.2 Å². The number of amides is 1. The van der Waals surface area contributed by atoms with E-state index in [4.69, 9.17) is 9.47 Å². The first kappa shape index (κ1) is 20.5. The lowest BCUT2D eigenvalue weighted by Gasteiger charge is -2.31. The highest BCUT2D eigenvalue weighted by Gasteiger charge is 2.36. The van der Waals surface area contributed by atoms with Crippen molar-refractivity contribution in [3.63, 3.8) is 0 Å². The minimum Gasteiger partial charge on any atom is -0.488 e. The SMILES string of the molecule is COCn1nc2cc(N3CCOc4cc(C(=O)N5CCC(F)(F)CC5)[nH]c43)ccn2c1=O. The summed E-state index contributed by atoms with van der Waals surface area (Å²) in [4.78, 5) is 31.6. The molecule has 0 saturated carbocycles. The fraction of sp³-hybridized carbons (Fsp3) is 0.450. The number of methoxy groups -OCH3 is 1. The number of ether oxygens (including phenoxy) is 2. The second-order valence-corrected chi connectivity index (χ2v) is 7.86. The van der Waals surface area contributed by atoms with Crippen LogP contribution >= 0.6 is 0 Å². The van der Waals surface area contributed by atoms with Gasteiger partial charge in [0.15, 0.2) is 17.2 Å². The maximum atomic E-state index is 13.4. The van der Waals surface area contributed by atoms with Crippen LogP contribution in [0.15, 0.2) is 29.2 Å². The Morgan fingerprint density at radius 3 is 2.81 bits per heavy atom. The van der Waals surface area contributed by atoms with Crippen molar-refractivity contribution in [3.05, 3.63) is 40.6 Å². The normalized spacial score (nSPS) is 18.0. The molecule has 10 nitrogen and oxygen atoms in total. The van der Waals surface area contributed by atoms with Crippen LogP contribution in [0.4, 0.5) is 20.3 Å². The molecule has 1 amide bonds. The molecule has 0 aliphatic carbocycles. The number of aromatic nitrogens is 4. The number of H-pyrrole nitrogens is 1. The van der Waals surface area contributed by atoms with Gasteiger partial charge in [0.05, 0.1) is 6.54 Å². The molecule has 170 valence electrons. The van der Waals surface area contributed by atoms with Crippen LogP contribution in [0, 0.1) is 0 Å². The van der Waals surface area contributed by atoms with Crippen molar-refractivity contribution in [1.82, 2.24) is 24.1 Å². The molecule has 2 aliphatic heterocycles. The maximum absolute atomic E-state index is 13.4. The van der Waals surface area contributed by atoms with Crippen LogP contribution in [-0.2, 0) is 11.5 Å². The summed E-state index contributed by atoms with van der Waals surface area (Å²) in [5, 5.41) is 4.27. The lowest BCUT2D eigenvalue weighted by atomic mass is 10.1. The molecule has 0 unspecified atom stereocenters. The number of halogens is 2. The van der Waals surface area contributed by atoms with Crippen molar-refractivity contribution in [2.24, 2.45) is 0 Å². The number of nitrogens with zero attached hydrogens (tertiary/aromatic N) is 5. The summed E-state index contributed by atoms with van der Waals surface area (Å²) < 4.78 is 40.2. The maximum Gasteiger partial charge on any atom is 0.352 e. The van der Waals surface area contributed by atoms with E-state index in [1.807, 2.05) is 4.90 Å². The molecule has 3 aromatic heterocycles. The molecule has 1 fully saturated rings. The summed E-state index contributed by atoms with van der Waals surface area (Å²) in [7, 11) is 1.48. The van der Waals surface area contributed by atoms with Gasteiger partial charge in [0.25, 0.3) is 11.8 Å². The molecule has 0 bridgehead atoms. The molecule has 5 heterocycles. The third-order valence-electron chi connectivity index (χ3n) is 5.75. The molecule has 32 heavy (non-hydrogen) atoms. The topological polar surface area (TPSA) is 97.1 Å². The molecular formula is C20H22F2N6O4. The van der Waals surface area contributed by atoms with Gasteiger partial charge in [-0.3, -0.25) is 9.20 Å². The second-order valence-electron chi connectivity index (χ2n) is 7.86. The van der Waals surface area contributed by atoms with Crippen LogP contribution < -0.4 is 15.3 Å². The summed E-state index contributed by atoms with van der Waals surface area (Å²) in [5.41, 5.74) is 1.19. The highest BCUT2D eigenvalue weighted by Crippen LogP contribution is 2.37. The average Bonchev–Trinajstić information content (AvgIpc) is 3.34. The number of carbonyl (C=O) groups excluding carboxylic acids is 1. The smallest absolute Gasteiger partial charge is 0.352 e. The Morgan fingerprint density at radius 1 is 1.28 bits per heavy atom. The number of carbonyl (C=O) groups is 1. The number of likely N-dealkylation sites (tertiary alicyclic amines) is 1. The Kier molecular flexibility index (Phi) is 4.88. The van der Waals surface area contributed by atoms with Crippen LogP contribution in [0.25, 0.3) is 5.65 Å². The van der Waals surface area contributed by atoms with Gasteiger partial charge in [-0.25, -0.2) is 13.6 Å². The number of rotatable bonds is 4. The number of hydrogen-bond donors (Lipinski definition) is 1. The van der Waals surface area contributed by atoms with Gasteiger partial charge in [0.2, 0.25) is 0 Å². The molecule has 1 saturated heterocycles. The molecule has 0 atom stereocenters. The van der Waals surface area contributed by atoms with E-state index in [0.717, 1.165) is 5.69 Å². The predicted molar refractivity (Wildman–Crippen MR) is 110 cm³/mol. The fourth-order valence-electron chi connectivity index (χ4n) is 4.06. The van der Waals surface area contributed by atoms with Crippen LogP contribution in [0.1, 0.15) is 23.3 Å². The standard InChI is InChI=1S/C20H22F2N6O4/c1-31-12-28-19(30)27-5-2-13(10-16(27)24-28)26-8-9-32-15-11-14(23-17(15)26)18(29)25-6-3-20(21,22)4-7-25/h2,5,10-11,23H,3-4,6-9,12H2,1H3. The van der Waals surface area contributed by atoms with Gasteiger partial charge < -0.3 is 24.3 Å². The number of hydrogen-bond acceptors (Lipinski definition) is 6. The van der Waals surface area contributed by atoms with E-state index >= 15 is 0 Å². The number of fused-ring (bicyclic) bond motifs is 2. The zero-order valence-electron chi connectivity index (χ0n) is 17.4. The van der Waals surface area contributed by atoms with Gasteiger partial charge in [0, 0.05) is 57.1 Å². The largest absolute Gasteiger partial charge is 0.488 e. The van der Waals surface area contributed by atoms with E-state index in [0.29, 0.717) is 30.4 Å². The number of anilines is 2. The Hall–Kier alpha value is -3.41. The Morgan fingerprint density at radius 2 is 2.06 bits per heavy atom. The monoisotopic (exact) mass is 448 g/mol. The quantitative estimate of drug-likeness (QED) is 0.654. The number of piperidine rings is 1. The molecule has 1 N–H and O–H groups in total. The minimum absolute atomic E-state index is 0.00957. The Balaban J connectivity index is 1.43. The second kappa shape index (κ2) is 7.62. The van der Waals surface area contributed by atoms with Crippen molar-refractivity contribution < 1.29 is 23.0 Å². The van der Waals surface area contributed by atoms with E-state index in [2.05, 4.69) is 10.1 Å². The van der Waals surface area contributed by atoms with Crippen LogP contribution in [0.2, 0.25) is 0 Å². The molecule has 12 heteroatoms. The molecule has 0 aromatic carbocycles. The van der Waals surface area contributed by atoms with Gasteiger partial charge in [-0.2, -0.15) is 4.68 Å². The summed E-state index contributed by atoms with van der Waals surface area (Å²) in [6, 6.07) is 5.14. The van der Waals surface area contributed by atoms with Crippen LogP contribution in [0.5, 0.6) is 5.75 Å².